The Morgan fingerprint density at radius 2 is 1.28 bits per heavy atom. The number of hydrogen-bond acceptors (Lipinski definition) is 5. The van der Waals surface area contributed by atoms with Crippen molar-refractivity contribution >= 4 is 23.6 Å². The van der Waals surface area contributed by atoms with Crippen molar-refractivity contribution in [1.29, 1.82) is 0 Å². The minimum absolute atomic E-state index is 0.107. The van der Waals surface area contributed by atoms with Gasteiger partial charge in [0.25, 0.3) is 0 Å². The van der Waals surface area contributed by atoms with Crippen molar-refractivity contribution in [2.45, 2.75) is 31.8 Å². The van der Waals surface area contributed by atoms with Gasteiger partial charge in [-0.25, -0.2) is 9.18 Å². The fourth-order valence-electron chi connectivity index (χ4n) is 3.70. The van der Waals surface area contributed by atoms with Gasteiger partial charge in [-0.2, -0.15) is 0 Å². The fraction of sp³-hybridized carbons (Fsp3) is 0.214. The van der Waals surface area contributed by atoms with Crippen molar-refractivity contribution in [1.82, 2.24) is 10.6 Å². The monoisotopic (exact) mass is 490 g/mol. The first-order chi connectivity index (χ1) is 17.3. The van der Waals surface area contributed by atoms with Crippen LogP contribution in [-0.4, -0.2) is 42.8 Å². The zero-order chi connectivity index (χ0) is 26.1. The summed E-state index contributed by atoms with van der Waals surface area (Å²) in [5.41, 5.74) is 2.40. The van der Waals surface area contributed by atoms with Crippen LogP contribution in [0.25, 0.3) is 0 Å². The summed E-state index contributed by atoms with van der Waals surface area (Å²) < 4.78 is 18.1. The molecule has 2 amide bonds. The van der Waals surface area contributed by atoms with Gasteiger partial charge in [0.1, 0.15) is 17.9 Å². The van der Waals surface area contributed by atoms with E-state index in [2.05, 4.69) is 10.6 Å². The maximum atomic E-state index is 13.2. The van der Waals surface area contributed by atoms with Gasteiger partial charge in [0.05, 0.1) is 7.11 Å². The third-order valence-electron chi connectivity index (χ3n) is 5.54. The lowest BCUT2D eigenvalue weighted by Gasteiger charge is -2.22. The molecule has 2 atom stereocenters. The van der Waals surface area contributed by atoms with E-state index in [9.17, 15) is 23.6 Å². The van der Waals surface area contributed by atoms with E-state index in [1.54, 1.807) is 48.5 Å². The number of halogens is 1. The number of methoxy groups -OCH3 is 1. The molecule has 0 fully saturated rings. The maximum Gasteiger partial charge on any atom is 0.328 e. The number of esters is 1. The SMILES string of the molecule is COC(=O)[C@@H](Cc1ccc(C(=O)c2ccccc2)cc1)NC(=O)[C@@H](Cc1ccc(F)cc1)NC(C)=O. The van der Waals surface area contributed by atoms with Gasteiger partial charge in [-0.05, 0) is 23.3 Å². The molecule has 0 aliphatic carbocycles. The Kier molecular flexibility index (Phi) is 9.05. The number of ketones is 1. The summed E-state index contributed by atoms with van der Waals surface area (Å²) >= 11 is 0. The van der Waals surface area contributed by atoms with Crippen LogP contribution < -0.4 is 10.6 Å². The molecule has 0 aromatic heterocycles. The molecule has 0 aliphatic rings. The number of nitrogens with one attached hydrogen (secondary N) is 2. The highest BCUT2D eigenvalue weighted by atomic mass is 19.1. The minimum atomic E-state index is -1.03. The summed E-state index contributed by atoms with van der Waals surface area (Å²) in [7, 11) is 1.22. The summed E-state index contributed by atoms with van der Waals surface area (Å²) in [5.74, 6) is -2.21. The van der Waals surface area contributed by atoms with E-state index < -0.39 is 35.7 Å². The second-order valence-electron chi connectivity index (χ2n) is 8.26. The van der Waals surface area contributed by atoms with Crippen LogP contribution in [0.5, 0.6) is 0 Å². The highest BCUT2D eigenvalue weighted by molar-refractivity contribution is 6.08. The Bertz CT molecular complexity index is 1210. The second-order valence-corrected chi connectivity index (χ2v) is 8.26. The van der Waals surface area contributed by atoms with Gasteiger partial charge in [0.15, 0.2) is 5.78 Å². The zero-order valence-electron chi connectivity index (χ0n) is 20.0. The summed E-state index contributed by atoms with van der Waals surface area (Å²) in [6.07, 6.45) is 0.220. The molecule has 0 bridgehead atoms. The minimum Gasteiger partial charge on any atom is -0.467 e. The molecule has 0 saturated heterocycles. The average molecular weight is 491 g/mol. The van der Waals surface area contributed by atoms with Gasteiger partial charge >= 0.3 is 5.97 Å². The molecule has 7 nitrogen and oxygen atoms in total. The van der Waals surface area contributed by atoms with E-state index in [0.29, 0.717) is 22.3 Å². The number of rotatable bonds is 10. The Balaban J connectivity index is 1.72. The molecule has 0 unspecified atom stereocenters. The molecular weight excluding hydrogens is 463 g/mol. The predicted molar refractivity (Wildman–Crippen MR) is 132 cm³/mol. The number of benzene rings is 3. The highest BCUT2D eigenvalue weighted by Crippen LogP contribution is 2.13. The number of carbonyl (C=O) groups is 4. The van der Waals surface area contributed by atoms with Gasteiger partial charge < -0.3 is 15.4 Å². The first-order valence-corrected chi connectivity index (χ1v) is 11.3. The summed E-state index contributed by atoms with van der Waals surface area (Å²) in [6, 6.07) is 19.2. The number of amides is 2. The third-order valence-corrected chi connectivity index (χ3v) is 5.54. The summed E-state index contributed by atoms with van der Waals surface area (Å²) in [4.78, 5) is 49.8. The highest BCUT2D eigenvalue weighted by Gasteiger charge is 2.27. The van der Waals surface area contributed by atoms with Crippen molar-refractivity contribution in [3.05, 3.63) is 107 Å². The van der Waals surface area contributed by atoms with E-state index in [0.717, 1.165) is 0 Å². The van der Waals surface area contributed by atoms with E-state index in [-0.39, 0.29) is 18.6 Å². The van der Waals surface area contributed by atoms with Gasteiger partial charge in [0.2, 0.25) is 11.8 Å². The summed E-state index contributed by atoms with van der Waals surface area (Å²) in [6.45, 7) is 1.28. The van der Waals surface area contributed by atoms with Crippen molar-refractivity contribution < 1.29 is 28.3 Å². The maximum absolute atomic E-state index is 13.2. The molecule has 0 spiro atoms. The third kappa shape index (κ3) is 7.33. The van der Waals surface area contributed by atoms with Crippen LogP contribution in [0.2, 0.25) is 0 Å². The predicted octanol–water partition coefficient (Wildman–Crippen LogP) is 3.00. The molecule has 3 aromatic carbocycles. The lowest BCUT2D eigenvalue weighted by Crippen LogP contribution is -2.53. The van der Waals surface area contributed by atoms with E-state index in [1.165, 1.54) is 38.3 Å². The van der Waals surface area contributed by atoms with Crippen molar-refractivity contribution in [2.24, 2.45) is 0 Å². The van der Waals surface area contributed by atoms with Crippen LogP contribution in [0, 0.1) is 5.82 Å². The van der Waals surface area contributed by atoms with Crippen molar-refractivity contribution in [3.63, 3.8) is 0 Å². The van der Waals surface area contributed by atoms with Crippen LogP contribution in [0.4, 0.5) is 4.39 Å². The molecule has 3 aromatic rings. The van der Waals surface area contributed by atoms with Crippen LogP contribution in [-0.2, 0) is 32.0 Å². The topological polar surface area (TPSA) is 102 Å². The quantitative estimate of drug-likeness (QED) is 0.336. The van der Waals surface area contributed by atoms with E-state index in [4.69, 9.17) is 4.74 Å². The molecule has 3 rings (SSSR count). The Morgan fingerprint density at radius 3 is 1.83 bits per heavy atom. The molecule has 0 heterocycles. The molecule has 186 valence electrons. The lowest BCUT2D eigenvalue weighted by atomic mass is 9.99. The first kappa shape index (κ1) is 26.3. The number of carbonyl (C=O) groups excluding carboxylic acids is 4. The number of ether oxygens (including phenoxy) is 1. The van der Waals surface area contributed by atoms with Crippen LogP contribution in [0.1, 0.15) is 34.0 Å². The van der Waals surface area contributed by atoms with Crippen LogP contribution >= 0.6 is 0 Å². The zero-order valence-corrected chi connectivity index (χ0v) is 20.0. The smallest absolute Gasteiger partial charge is 0.328 e. The second kappa shape index (κ2) is 12.4. The molecular formula is C28H27FN2O5. The van der Waals surface area contributed by atoms with Crippen molar-refractivity contribution in [2.75, 3.05) is 7.11 Å². The molecule has 2 N–H and O–H groups in total. The normalized spacial score (nSPS) is 12.2. The number of hydrogen-bond donors (Lipinski definition) is 2. The molecule has 0 radical (unpaired) electrons. The molecule has 8 heteroatoms. The summed E-state index contributed by atoms with van der Waals surface area (Å²) in [5, 5.41) is 5.22. The Hall–Kier alpha value is -4.33. The van der Waals surface area contributed by atoms with E-state index in [1.807, 2.05) is 6.07 Å². The van der Waals surface area contributed by atoms with Gasteiger partial charge in [-0.15, -0.1) is 0 Å². The van der Waals surface area contributed by atoms with Crippen LogP contribution in [0.15, 0.2) is 78.9 Å². The fourth-order valence-corrected chi connectivity index (χ4v) is 3.70. The van der Waals surface area contributed by atoms with Gasteiger partial charge in [0, 0.05) is 30.9 Å². The largest absolute Gasteiger partial charge is 0.467 e. The molecule has 0 saturated carbocycles. The Morgan fingerprint density at radius 1 is 0.750 bits per heavy atom. The Labute approximate surface area is 208 Å². The van der Waals surface area contributed by atoms with Crippen molar-refractivity contribution in [3.8, 4) is 0 Å². The van der Waals surface area contributed by atoms with Crippen LogP contribution in [0.3, 0.4) is 0 Å². The van der Waals surface area contributed by atoms with Gasteiger partial charge in [-0.1, -0.05) is 66.7 Å². The lowest BCUT2D eigenvalue weighted by molar-refractivity contribution is -0.145. The molecule has 36 heavy (non-hydrogen) atoms. The first-order valence-electron chi connectivity index (χ1n) is 11.3. The van der Waals surface area contributed by atoms with E-state index >= 15 is 0 Å². The van der Waals surface area contributed by atoms with Gasteiger partial charge in [-0.3, -0.25) is 14.4 Å². The standard InChI is InChI=1S/C28H27FN2O5/c1-18(32)30-24(16-20-10-14-23(29)15-11-20)27(34)31-25(28(35)36-2)17-19-8-12-22(13-9-19)26(33)21-6-4-3-5-7-21/h3-15,24-25H,16-17H2,1-2H3,(H,30,32)(H,31,34)/t24-,25-/m1/s1. The average Bonchev–Trinajstić information content (AvgIpc) is 2.89. The molecule has 0 aliphatic heterocycles.